The summed E-state index contributed by atoms with van der Waals surface area (Å²) in [5.41, 5.74) is 3.40. The molecule has 0 aliphatic carbocycles. The number of rotatable bonds is 3. The Kier molecular flexibility index (Phi) is 4.58. The molecular weight excluding hydrogens is 324 g/mol. The molecule has 0 radical (unpaired) electrons. The minimum atomic E-state index is 0.311. The summed E-state index contributed by atoms with van der Waals surface area (Å²) >= 11 is 9.62. The quantitative estimate of drug-likeness (QED) is 0.742. The highest BCUT2D eigenvalue weighted by atomic mass is 79.9. The summed E-state index contributed by atoms with van der Waals surface area (Å²) in [6, 6.07) is 8.36. The van der Waals surface area contributed by atoms with Crippen LogP contribution in [0.15, 0.2) is 28.7 Å². The van der Waals surface area contributed by atoms with Gasteiger partial charge in [0, 0.05) is 6.42 Å². The standard InChI is InChI=1S/C15H16BrClN2/c1-9(2)14-13(16)15(17)19-12(18-14)8-11-6-4-5-10(3)7-11/h4-7,9H,8H2,1-3H3. The van der Waals surface area contributed by atoms with Gasteiger partial charge in [0.2, 0.25) is 0 Å². The van der Waals surface area contributed by atoms with Crippen molar-refractivity contribution in [3.05, 3.63) is 56.5 Å². The summed E-state index contributed by atoms with van der Waals surface area (Å²) in [4.78, 5) is 8.96. The topological polar surface area (TPSA) is 25.8 Å². The van der Waals surface area contributed by atoms with Crippen molar-refractivity contribution in [2.24, 2.45) is 0 Å². The van der Waals surface area contributed by atoms with Gasteiger partial charge in [0.15, 0.2) is 0 Å². The minimum Gasteiger partial charge on any atom is -0.236 e. The molecule has 0 fully saturated rings. The lowest BCUT2D eigenvalue weighted by atomic mass is 10.1. The average Bonchev–Trinajstić information content (AvgIpc) is 2.33. The molecule has 2 aromatic rings. The van der Waals surface area contributed by atoms with E-state index in [1.807, 2.05) is 0 Å². The fourth-order valence-electron chi connectivity index (χ4n) is 1.95. The number of hydrogen-bond acceptors (Lipinski definition) is 2. The zero-order valence-corrected chi connectivity index (χ0v) is 13.6. The molecule has 19 heavy (non-hydrogen) atoms. The van der Waals surface area contributed by atoms with Gasteiger partial charge >= 0.3 is 0 Å². The number of benzene rings is 1. The van der Waals surface area contributed by atoms with E-state index < -0.39 is 0 Å². The Morgan fingerprint density at radius 2 is 2.00 bits per heavy atom. The van der Waals surface area contributed by atoms with Crippen LogP contribution in [0.3, 0.4) is 0 Å². The molecule has 0 aliphatic heterocycles. The first-order chi connectivity index (χ1) is 8.97. The predicted molar refractivity (Wildman–Crippen MR) is 82.8 cm³/mol. The molecule has 0 saturated heterocycles. The maximum Gasteiger partial charge on any atom is 0.147 e. The van der Waals surface area contributed by atoms with E-state index in [1.165, 1.54) is 11.1 Å². The van der Waals surface area contributed by atoms with Gasteiger partial charge in [-0.3, -0.25) is 0 Å². The smallest absolute Gasteiger partial charge is 0.147 e. The molecule has 0 spiro atoms. The van der Waals surface area contributed by atoms with E-state index in [-0.39, 0.29) is 0 Å². The van der Waals surface area contributed by atoms with E-state index in [2.05, 4.69) is 70.9 Å². The molecule has 1 aromatic heterocycles. The molecule has 0 bridgehead atoms. The third kappa shape index (κ3) is 3.54. The number of hydrogen-bond donors (Lipinski definition) is 0. The van der Waals surface area contributed by atoms with E-state index in [1.54, 1.807) is 0 Å². The van der Waals surface area contributed by atoms with E-state index in [0.717, 1.165) is 16.0 Å². The fourth-order valence-corrected chi connectivity index (χ4v) is 2.78. The molecule has 2 nitrogen and oxygen atoms in total. The summed E-state index contributed by atoms with van der Waals surface area (Å²) in [6.07, 6.45) is 0.703. The number of aryl methyl sites for hydroxylation is 1. The molecule has 0 N–H and O–H groups in total. The van der Waals surface area contributed by atoms with Gasteiger partial charge in [0.25, 0.3) is 0 Å². The molecule has 0 saturated carbocycles. The summed E-state index contributed by atoms with van der Waals surface area (Å²) in [5.74, 6) is 1.08. The van der Waals surface area contributed by atoms with Crippen molar-refractivity contribution < 1.29 is 0 Å². The van der Waals surface area contributed by atoms with Crippen LogP contribution in [0.5, 0.6) is 0 Å². The van der Waals surface area contributed by atoms with Crippen molar-refractivity contribution in [2.75, 3.05) is 0 Å². The molecule has 0 aliphatic rings. The number of nitrogens with zero attached hydrogens (tertiary/aromatic N) is 2. The lowest BCUT2D eigenvalue weighted by Crippen LogP contribution is -2.04. The lowest BCUT2D eigenvalue weighted by molar-refractivity contribution is 0.784. The molecule has 100 valence electrons. The molecule has 1 aromatic carbocycles. The molecule has 4 heteroatoms. The van der Waals surface area contributed by atoms with Crippen LogP contribution in [0, 0.1) is 6.92 Å². The van der Waals surface area contributed by atoms with Gasteiger partial charge in [0.05, 0.1) is 10.2 Å². The Bertz CT molecular complexity index is 597. The van der Waals surface area contributed by atoms with Crippen LogP contribution in [-0.2, 0) is 6.42 Å². The summed E-state index contributed by atoms with van der Waals surface area (Å²) < 4.78 is 0.803. The SMILES string of the molecule is Cc1cccc(Cc2nc(Cl)c(Br)c(C(C)C)n2)c1. The van der Waals surface area contributed by atoms with Crippen molar-refractivity contribution in [2.45, 2.75) is 33.1 Å². The van der Waals surface area contributed by atoms with Gasteiger partial charge in [-0.05, 0) is 34.3 Å². The average molecular weight is 340 g/mol. The maximum atomic E-state index is 6.16. The van der Waals surface area contributed by atoms with Crippen LogP contribution in [0.25, 0.3) is 0 Å². The largest absolute Gasteiger partial charge is 0.236 e. The van der Waals surface area contributed by atoms with E-state index >= 15 is 0 Å². The lowest BCUT2D eigenvalue weighted by Gasteiger charge is -2.11. The summed E-state index contributed by atoms with van der Waals surface area (Å²) in [6.45, 7) is 6.28. The first-order valence-corrected chi connectivity index (χ1v) is 7.42. The monoisotopic (exact) mass is 338 g/mol. The van der Waals surface area contributed by atoms with E-state index in [9.17, 15) is 0 Å². The normalized spacial score (nSPS) is 11.1. The Morgan fingerprint density at radius 1 is 1.26 bits per heavy atom. The van der Waals surface area contributed by atoms with Gasteiger partial charge in [0.1, 0.15) is 11.0 Å². The third-order valence-corrected chi connectivity index (χ3v) is 4.16. The molecule has 1 heterocycles. The Labute approximate surface area is 127 Å². The number of aromatic nitrogens is 2. The zero-order valence-electron chi connectivity index (χ0n) is 11.2. The highest BCUT2D eigenvalue weighted by molar-refractivity contribution is 9.10. The summed E-state index contributed by atoms with van der Waals surface area (Å²) in [5, 5.41) is 0.487. The van der Waals surface area contributed by atoms with Crippen molar-refractivity contribution >= 4 is 27.5 Å². The second kappa shape index (κ2) is 6.02. The van der Waals surface area contributed by atoms with Crippen LogP contribution < -0.4 is 0 Å². The van der Waals surface area contributed by atoms with Gasteiger partial charge in [-0.15, -0.1) is 0 Å². The molecular formula is C15H16BrClN2. The second-order valence-electron chi connectivity index (χ2n) is 4.95. The van der Waals surface area contributed by atoms with Crippen molar-refractivity contribution in [3.8, 4) is 0 Å². The highest BCUT2D eigenvalue weighted by Crippen LogP contribution is 2.28. The van der Waals surface area contributed by atoms with Crippen LogP contribution in [-0.4, -0.2) is 9.97 Å². The molecule has 0 atom stereocenters. The van der Waals surface area contributed by atoms with Crippen LogP contribution in [0.1, 0.15) is 42.4 Å². The van der Waals surface area contributed by atoms with Crippen molar-refractivity contribution in [1.82, 2.24) is 9.97 Å². The third-order valence-electron chi connectivity index (χ3n) is 2.87. The molecule has 0 unspecified atom stereocenters. The van der Waals surface area contributed by atoms with Gasteiger partial charge < -0.3 is 0 Å². The van der Waals surface area contributed by atoms with Crippen LogP contribution in [0.2, 0.25) is 5.15 Å². The zero-order chi connectivity index (χ0) is 14.0. The van der Waals surface area contributed by atoms with Crippen molar-refractivity contribution in [3.63, 3.8) is 0 Å². The van der Waals surface area contributed by atoms with Gasteiger partial charge in [-0.1, -0.05) is 55.3 Å². The molecule has 0 amide bonds. The second-order valence-corrected chi connectivity index (χ2v) is 6.10. The van der Waals surface area contributed by atoms with Gasteiger partial charge in [-0.2, -0.15) is 0 Å². The van der Waals surface area contributed by atoms with E-state index in [0.29, 0.717) is 17.5 Å². The Balaban J connectivity index is 2.36. The summed E-state index contributed by atoms with van der Waals surface area (Å²) in [7, 11) is 0. The Hall–Kier alpha value is -0.930. The molecule has 2 rings (SSSR count). The van der Waals surface area contributed by atoms with Crippen LogP contribution >= 0.6 is 27.5 Å². The fraction of sp³-hybridized carbons (Fsp3) is 0.333. The van der Waals surface area contributed by atoms with E-state index in [4.69, 9.17) is 11.6 Å². The first-order valence-electron chi connectivity index (χ1n) is 6.24. The highest BCUT2D eigenvalue weighted by Gasteiger charge is 2.13. The predicted octanol–water partition coefficient (Wildman–Crippen LogP) is 4.92. The Morgan fingerprint density at radius 3 is 2.63 bits per heavy atom. The van der Waals surface area contributed by atoms with Gasteiger partial charge in [-0.25, -0.2) is 9.97 Å². The maximum absolute atomic E-state index is 6.16. The minimum absolute atomic E-state index is 0.311. The first kappa shape index (κ1) is 14.5. The van der Waals surface area contributed by atoms with Crippen molar-refractivity contribution in [1.29, 1.82) is 0 Å². The van der Waals surface area contributed by atoms with Crippen LogP contribution in [0.4, 0.5) is 0 Å². The number of halogens is 2.